The monoisotopic (exact) mass is 220 g/mol. The molecule has 0 heterocycles. The molecule has 1 saturated carbocycles. The summed E-state index contributed by atoms with van der Waals surface area (Å²) >= 11 is 0. The molecule has 0 aromatic heterocycles. The lowest BCUT2D eigenvalue weighted by Crippen LogP contribution is -2.35. The summed E-state index contributed by atoms with van der Waals surface area (Å²) in [6.45, 7) is 0.706. The number of anilines is 1. The second-order valence-corrected chi connectivity index (χ2v) is 4.47. The molecule has 16 heavy (non-hydrogen) atoms. The van der Waals surface area contributed by atoms with Crippen LogP contribution in [0, 0.1) is 5.92 Å². The maximum Gasteiger partial charge on any atom is 0.142 e. The molecule has 1 aliphatic rings. The van der Waals surface area contributed by atoms with Crippen molar-refractivity contribution in [2.24, 2.45) is 11.7 Å². The molecule has 0 aliphatic heterocycles. The number of benzene rings is 1. The number of hydrogen-bond donors (Lipinski definition) is 2. The highest BCUT2D eigenvalue weighted by atomic mass is 16.5. The number of nitrogen functional groups attached to an aromatic ring is 1. The molecule has 0 saturated heterocycles. The van der Waals surface area contributed by atoms with Gasteiger partial charge < -0.3 is 16.2 Å². The van der Waals surface area contributed by atoms with E-state index in [0.29, 0.717) is 18.2 Å². The van der Waals surface area contributed by atoms with Crippen molar-refractivity contribution in [2.75, 3.05) is 12.3 Å². The van der Waals surface area contributed by atoms with Crippen molar-refractivity contribution < 1.29 is 4.74 Å². The summed E-state index contributed by atoms with van der Waals surface area (Å²) in [4.78, 5) is 0. The summed E-state index contributed by atoms with van der Waals surface area (Å²) in [5.41, 5.74) is 12.4. The van der Waals surface area contributed by atoms with Gasteiger partial charge in [-0.25, -0.2) is 0 Å². The molecule has 3 heteroatoms. The zero-order valence-electron chi connectivity index (χ0n) is 9.56. The summed E-state index contributed by atoms with van der Waals surface area (Å²) in [5, 5.41) is 0. The minimum atomic E-state index is 0.239. The Morgan fingerprint density at radius 2 is 1.94 bits per heavy atom. The maximum absolute atomic E-state index is 5.98. The zero-order valence-corrected chi connectivity index (χ0v) is 9.56. The van der Waals surface area contributed by atoms with Gasteiger partial charge in [0.25, 0.3) is 0 Å². The molecule has 1 fully saturated rings. The lowest BCUT2D eigenvalue weighted by molar-refractivity contribution is 0.0978. The van der Waals surface area contributed by atoms with Crippen LogP contribution in [0.5, 0.6) is 5.75 Å². The molecule has 0 bridgehead atoms. The highest BCUT2D eigenvalue weighted by Gasteiger charge is 2.25. The van der Waals surface area contributed by atoms with Gasteiger partial charge in [0.05, 0.1) is 5.69 Å². The van der Waals surface area contributed by atoms with Crippen LogP contribution in [-0.2, 0) is 0 Å². The van der Waals surface area contributed by atoms with Crippen LogP contribution in [-0.4, -0.2) is 12.6 Å². The summed E-state index contributed by atoms with van der Waals surface area (Å²) < 4.78 is 5.98. The summed E-state index contributed by atoms with van der Waals surface area (Å²) in [7, 11) is 0. The average molecular weight is 220 g/mol. The number of rotatable bonds is 3. The first-order valence-electron chi connectivity index (χ1n) is 6.02. The van der Waals surface area contributed by atoms with Crippen molar-refractivity contribution in [1.29, 1.82) is 0 Å². The fourth-order valence-electron chi connectivity index (χ4n) is 2.35. The van der Waals surface area contributed by atoms with Gasteiger partial charge in [0.15, 0.2) is 0 Å². The van der Waals surface area contributed by atoms with E-state index in [9.17, 15) is 0 Å². The molecule has 2 rings (SSSR count). The molecule has 3 nitrogen and oxygen atoms in total. The van der Waals surface area contributed by atoms with Crippen molar-refractivity contribution in [3.63, 3.8) is 0 Å². The Kier molecular flexibility index (Phi) is 3.67. The second kappa shape index (κ2) is 5.21. The largest absolute Gasteiger partial charge is 0.488 e. The van der Waals surface area contributed by atoms with E-state index in [0.717, 1.165) is 12.2 Å². The van der Waals surface area contributed by atoms with Crippen molar-refractivity contribution in [3.8, 4) is 5.75 Å². The first-order chi connectivity index (χ1) is 7.81. The topological polar surface area (TPSA) is 61.3 Å². The highest BCUT2D eigenvalue weighted by molar-refractivity contribution is 5.51. The fourth-order valence-corrected chi connectivity index (χ4v) is 2.35. The molecule has 88 valence electrons. The number of hydrogen-bond acceptors (Lipinski definition) is 3. The maximum atomic E-state index is 5.98. The van der Waals surface area contributed by atoms with Gasteiger partial charge in [0.2, 0.25) is 0 Å². The van der Waals surface area contributed by atoms with Gasteiger partial charge in [-0.05, 0) is 37.9 Å². The van der Waals surface area contributed by atoms with Crippen molar-refractivity contribution in [2.45, 2.75) is 31.8 Å². The van der Waals surface area contributed by atoms with E-state index in [1.807, 2.05) is 24.3 Å². The van der Waals surface area contributed by atoms with Gasteiger partial charge in [-0.15, -0.1) is 0 Å². The Labute approximate surface area is 96.8 Å². The smallest absolute Gasteiger partial charge is 0.142 e. The third-order valence-corrected chi connectivity index (χ3v) is 3.34. The van der Waals surface area contributed by atoms with Crippen LogP contribution in [0.15, 0.2) is 24.3 Å². The van der Waals surface area contributed by atoms with Crippen LogP contribution in [0.2, 0.25) is 0 Å². The molecule has 0 spiro atoms. The Balaban J connectivity index is 2.05. The predicted molar refractivity (Wildman–Crippen MR) is 66.3 cm³/mol. The third kappa shape index (κ3) is 2.47. The quantitative estimate of drug-likeness (QED) is 0.767. The Hall–Kier alpha value is -1.22. The van der Waals surface area contributed by atoms with Crippen LogP contribution in [0.25, 0.3) is 0 Å². The fraction of sp³-hybridized carbons (Fsp3) is 0.538. The molecular formula is C13H20N2O. The third-order valence-electron chi connectivity index (χ3n) is 3.34. The SMILES string of the molecule is NCC1CCCCC1Oc1ccccc1N. The minimum absolute atomic E-state index is 0.239. The lowest BCUT2D eigenvalue weighted by atomic mass is 9.86. The minimum Gasteiger partial charge on any atom is -0.488 e. The normalized spacial score (nSPS) is 25.3. The highest BCUT2D eigenvalue weighted by Crippen LogP contribution is 2.30. The predicted octanol–water partition coefficient (Wildman–Crippen LogP) is 2.17. The van der Waals surface area contributed by atoms with Crippen LogP contribution in [0.4, 0.5) is 5.69 Å². The summed E-state index contributed by atoms with van der Waals surface area (Å²) in [5.74, 6) is 1.28. The molecular weight excluding hydrogens is 200 g/mol. The molecule has 2 atom stereocenters. The van der Waals surface area contributed by atoms with E-state index < -0.39 is 0 Å². The molecule has 1 aliphatic carbocycles. The van der Waals surface area contributed by atoms with E-state index in [1.165, 1.54) is 19.3 Å². The Morgan fingerprint density at radius 1 is 1.19 bits per heavy atom. The van der Waals surface area contributed by atoms with E-state index in [1.54, 1.807) is 0 Å². The standard InChI is InChI=1S/C13H20N2O/c14-9-10-5-1-3-7-12(10)16-13-8-4-2-6-11(13)15/h2,4,6,8,10,12H,1,3,5,7,9,14-15H2. The molecule has 4 N–H and O–H groups in total. The Bertz CT molecular complexity index is 340. The van der Waals surface area contributed by atoms with Gasteiger partial charge in [0, 0.05) is 5.92 Å². The van der Waals surface area contributed by atoms with E-state index in [-0.39, 0.29) is 6.10 Å². The summed E-state index contributed by atoms with van der Waals surface area (Å²) in [6.07, 6.45) is 5.01. The van der Waals surface area contributed by atoms with Crippen LogP contribution in [0.1, 0.15) is 25.7 Å². The lowest BCUT2D eigenvalue weighted by Gasteiger charge is -2.31. The van der Waals surface area contributed by atoms with E-state index >= 15 is 0 Å². The first kappa shape index (κ1) is 11.3. The van der Waals surface area contributed by atoms with Crippen molar-refractivity contribution in [1.82, 2.24) is 0 Å². The van der Waals surface area contributed by atoms with Crippen LogP contribution >= 0.6 is 0 Å². The molecule has 1 aromatic rings. The van der Waals surface area contributed by atoms with Gasteiger partial charge in [0.1, 0.15) is 11.9 Å². The average Bonchev–Trinajstić information content (AvgIpc) is 2.33. The first-order valence-corrected chi connectivity index (χ1v) is 6.02. The van der Waals surface area contributed by atoms with Gasteiger partial charge in [-0.2, -0.15) is 0 Å². The van der Waals surface area contributed by atoms with E-state index in [2.05, 4.69) is 0 Å². The summed E-state index contributed by atoms with van der Waals surface area (Å²) in [6, 6.07) is 7.67. The number of nitrogens with two attached hydrogens (primary N) is 2. The van der Waals surface area contributed by atoms with Crippen molar-refractivity contribution >= 4 is 5.69 Å². The van der Waals surface area contributed by atoms with Crippen LogP contribution in [0.3, 0.4) is 0 Å². The van der Waals surface area contributed by atoms with E-state index in [4.69, 9.17) is 16.2 Å². The van der Waals surface area contributed by atoms with Gasteiger partial charge >= 0.3 is 0 Å². The van der Waals surface area contributed by atoms with Crippen LogP contribution < -0.4 is 16.2 Å². The zero-order chi connectivity index (χ0) is 11.4. The molecule has 1 aromatic carbocycles. The van der Waals surface area contributed by atoms with Gasteiger partial charge in [-0.3, -0.25) is 0 Å². The Morgan fingerprint density at radius 3 is 2.69 bits per heavy atom. The molecule has 2 unspecified atom stereocenters. The van der Waals surface area contributed by atoms with Crippen molar-refractivity contribution in [3.05, 3.63) is 24.3 Å². The number of para-hydroxylation sites is 2. The number of ether oxygens (including phenoxy) is 1. The second-order valence-electron chi connectivity index (χ2n) is 4.47. The van der Waals surface area contributed by atoms with Gasteiger partial charge in [-0.1, -0.05) is 18.6 Å². The molecule has 0 radical (unpaired) electrons. The molecule has 0 amide bonds.